The molecule has 0 fully saturated rings. The zero-order valence-corrected chi connectivity index (χ0v) is 15.1. The molecule has 1 aliphatic heterocycles. The fourth-order valence-corrected chi connectivity index (χ4v) is 6.01. The standard InChI is InChI=1S/C20H18O3Se/c1-22-17-11-13(12-21)10-16-15-8-5-9-18(20(15)23-19(16)17)24-14-6-3-2-4-7-14/h2-8,10-12,15,18,20H,9H2,1H3/t15-,18+,20+/m0/s1. The van der Waals surface area contributed by atoms with Crippen molar-refractivity contribution < 1.29 is 14.3 Å². The Morgan fingerprint density at radius 3 is 2.83 bits per heavy atom. The van der Waals surface area contributed by atoms with Crippen molar-refractivity contribution in [1.29, 1.82) is 0 Å². The number of rotatable bonds is 4. The second kappa shape index (κ2) is 6.46. The van der Waals surface area contributed by atoms with Crippen LogP contribution in [0.15, 0.2) is 54.6 Å². The first-order chi connectivity index (χ1) is 11.8. The first-order valence-corrected chi connectivity index (χ1v) is 9.87. The van der Waals surface area contributed by atoms with E-state index in [-0.39, 0.29) is 12.0 Å². The van der Waals surface area contributed by atoms with Crippen LogP contribution in [0.1, 0.15) is 28.3 Å². The summed E-state index contributed by atoms with van der Waals surface area (Å²) in [5, 5.41) is 0. The number of ether oxygens (including phenoxy) is 2. The Bertz CT molecular complexity index is 785. The molecule has 0 N–H and O–H groups in total. The molecule has 3 atom stereocenters. The molecule has 0 radical (unpaired) electrons. The van der Waals surface area contributed by atoms with Crippen LogP contribution in [0.25, 0.3) is 0 Å². The number of allylic oxidation sites excluding steroid dienone is 1. The Morgan fingerprint density at radius 2 is 2.08 bits per heavy atom. The zero-order chi connectivity index (χ0) is 16.5. The van der Waals surface area contributed by atoms with Crippen molar-refractivity contribution in [3.05, 3.63) is 65.7 Å². The van der Waals surface area contributed by atoms with Crippen LogP contribution in [-0.4, -0.2) is 34.5 Å². The summed E-state index contributed by atoms with van der Waals surface area (Å²) >= 11 is 0.345. The average molecular weight is 385 g/mol. The molecular weight excluding hydrogens is 367 g/mol. The molecule has 0 unspecified atom stereocenters. The molecule has 4 heteroatoms. The topological polar surface area (TPSA) is 35.5 Å². The first kappa shape index (κ1) is 15.5. The van der Waals surface area contributed by atoms with Crippen LogP contribution in [0, 0.1) is 0 Å². The summed E-state index contributed by atoms with van der Waals surface area (Å²) in [6.45, 7) is 0. The number of methoxy groups -OCH3 is 1. The van der Waals surface area contributed by atoms with Crippen molar-refractivity contribution in [2.24, 2.45) is 0 Å². The van der Waals surface area contributed by atoms with Crippen LogP contribution in [0.4, 0.5) is 0 Å². The minimum atomic E-state index is 0.126. The Morgan fingerprint density at radius 1 is 1.25 bits per heavy atom. The number of benzene rings is 2. The molecule has 1 aliphatic carbocycles. The van der Waals surface area contributed by atoms with Gasteiger partial charge in [-0.05, 0) is 0 Å². The molecule has 2 aliphatic rings. The van der Waals surface area contributed by atoms with Crippen LogP contribution in [0.2, 0.25) is 4.82 Å². The van der Waals surface area contributed by atoms with Gasteiger partial charge in [0.25, 0.3) is 0 Å². The second-order valence-electron chi connectivity index (χ2n) is 6.00. The predicted molar refractivity (Wildman–Crippen MR) is 94.9 cm³/mol. The number of fused-ring (bicyclic) bond motifs is 3. The predicted octanol–water partition coefficient (Wildman–Crippen LogP) is 3.13. The second-order valence-corrected chi connectivity index (χ2v) is 8.75. The number of hydrogen-bond acceptors (Lipinski definition) is 3. The monoisotopic (exact) mass is 386 g/mol. The molecule has 122 valence electrons. The number of hydrogen-bond donors (Lipinski definition) is 0. The summed E-state index contributed by atoms with van der Waals surface area (Å²) in [5.74, 6) is 1.67. The van der Waals surface area contributed by atoms with E-state index >= 15 is 0 Å². The Hall–Kier alpha value is -2.03. The third kappa shape index (κ3) is 2.66. The Kier molecular flexibility index (Phi) is 4.17. The van der Waals surface area contributed by atoms with E-state index in [1.807, 2.05) is 6.07 Å². The van der Waals surface area contributed by atoms with Crippen LogP contribution in [0.3, 0.4) is 0 Å². The van der Waals surface area contributed by atoms with E-state index in [0.717, 1.165) is 24.0 Å². The average Bonchev–Trinajstić information content (AvgIpc) is 3.01. The maximum absolute atomic E-state index is 11.2. The number of carbonyl (C=O) groups is 1. The number of aldehydes is 1. The van der Waals surface area contributed by atoms with Gasteiger partial charge in [0.2, 0.25) is 0 Å². The van der Waals surface area contributed by atoms with Gasteiger partial charge in [0.1, 0.15) is 0 Å². The van der Waals surface area contributed by atoms with Crippen molar-refractivity contribution >= 4 is 25.7 Å². The molecule has 0 saturated heterocycles. The van der Waals surface area contributed by atoms with E-state index in [1.165, 1.54) is 4.46 Å². The van der Waals surface area contributed by atoms with Gasteiger partial charge in [-0.2, -0.15) is 0 Å². The normalized spacial score (nSPS) is 24.0. The molecule has 2 aromatic carbocycles. The summed E-state index contributed by atoms with van der Waals surface area (Å²) in [7, 11) is 1.62. The van der Waals surface area contributed by atoms with E-state index in [4.69, 9.17) is 9.47 Å². The van der Waals surface area contributed by atoms with Crippen LogP contribution in [0.5, 0.6) is 11.5 Å². The Labute approximate surface area is 147 Å². The van der Waals surface area contributed by atoms with Gasteiger partial charge in [-0.25, -0.2) is 0 Å². The molecule has 3 nitrogen and oxygen atoms in total. The maximum atomic E-state index is 11.2. The number of carbonyl (C=O) groups excluding carboxylic acids is 1. The fourth-order valence-electron chi connectivity index (χ4n) is 3.43. The first-order valence-electron chi connectivity index (χ1n) is 8.02. The summed E-state index contributed by atoms with van der Waals surface area (Å²) in [4.78, 5) is 11.7. The summed E-state index contributed by atoms with van der Waals surface area (Å²) in [6.07, 6.45) is 6.51. The van der Waals surface area contributed by atoms with Crippen molar-refractivity contribution in [2.75, 3.05) is 7.11 Å². The molecule has 0 amide bonds. The van der Waals surface area contributed by atoms with Crippen molar-refractivity contribution in [1.82, 2.24) is 0 Å². The van der Waals surface area contributed by atoms with Gasteiger partial charge in [-0.1, -0.05) is 0 Å². The van der Waals surface area contributed by atoms with Crippen molar-refractivity contribution in [2.45, 2.75) is 23.3 Å². The molecular formula is C20H18O3Se. The molecule has 0 spiro atoms. The van der Waals surface area contributed by atoms with E-state index in [1.54, 1.807) is 13.2 Å². The fraction of sp³-hybridized carbons (Fsp3) is 0.250. The molecule has 24 heavy (non-hydrogen) atoms. The summed E-state index contributed by atoms with van der Waals surface area (Å²) < 4.78 is 13.2. The van der Waals surface area contributed by atoms with E-state index in [0.29, 0.717) is 31.1 Å². The molecule has 2 aromatic rings. The van der Waals surface area contributed by atoms with Gasteiger partial charge >= 0.3 is 148 Å². The van der Waals surface area contributed by atoms with Crippen molar-refractivity contribution in [3.8, 4) is 11.5 Å². The van der Waals surface area contributed by atoms with Crippen LogP contribution < -0.4 is 13.9 Å². The van der Waals surface area contributed by atoms with Gasteiger partial charge in [0.05, 0.1) is 0 Å². The zero-order valence-electron chi connectivity index (χ0n) is 13.3. The minimum absolute atomic E-state index is 0.126. The van der Waals surface area contributed by atoms with Gasteiger partial charge < -0.3 is 0 Å². The summed E-state index contributed by atoms with van der Waals surface area (Å²) in [5.41, 5.74) is 1.71. The summed E-state index contributed by atoms with van der Waals surface area (Å²) in [6, 6.07) is 14.3. The van der Waals surface area contributed by atoms with E-state index < -0.39 is 0 Å². The molecule has 0 bridgehead atoms. The van der Waals surface area contributed by atoms with Gasteiger partial charge in [0.15, 0.2) is 0 Å². The molecule has 1 heterocycles. The SMILES string of the molecule is COc1cc(C=O)cc2c1O[C@H]1[C@H]([Se]c3ccccc3)CC=C[C@@H]21. The van der Waals surface area contributed by atoms with Crippen LogP contribution >= 0.6 is 0 Å². The van der Waals surface area contributed by atoms with E-state index in [9.17, 15) is 4.79 Å². The van der Waals surface area contributed by atoms with Gasteiger partial charge in [0, 0.05) is 0 Å². The quantitative estimate of drug-likeness (QED) is 0.461. The van der Waals surface area contributed by atoms with Crippen molar-refractivity contribution in [3.63, 3.8) is 0 Å². The molecule has 4 rings (SSSR count). The third-order valence-electron chi connectivity index (χ3n) is 4.54. The van der Waals surface area contributed by atoms with Gasteiger partial charge in [-0.15, -0.1) is 0 Å². The third-order valence-corrected chi connectivity index (χ3v) is 7.28. The molecule has 0 aromatic heterocycles. The molecule has 0 saturated carbocycles. The van der Waals surface area contributed by atoms with Crippen LogP contribution in [-0.2, 0) is 0 Å². The van der Waals surface area contributed by atoms with Gasteiger partial charge in [-0.3, -0.25) is 0 Å². The van der Waals surface area contributed by atoms with E-state index in [2.05, 4.69) is 42.5 Å². The Balaban J connectivity index is 1.67.